The lowest BCUT2D eigenvalue weighted by molar-refractivity contribution is -0.162. The smallest absolute Gasteiger partial charge is 0.326 e. The van der Waals surface area contributed by atoms with Gasteiger partial charge in [0.15, 0.2) is 0 Å². The number of carbonyl (C=O) groups excluding carboxylic acids is 1. The Morgan fingerprint density at radius 2 is 1.81 bits per heavy atom. The zero-order valence-corrected chi connectivity index (χ0v) is 14.4. The zero-order chi connectivity index (χ0) is 16.1. The molecule has 0 spiro atoms. The molecule has 0 amide bonds. The fourth-order valence-corrected chi connectivity index (χ4v) is 2.19. The Morgan fingerprint density at radius 1 is 1.24 bits per heavy atom. The molecule has 0 bridgehead atoms. The fourth-order valence-electron chi connectivity index (χ4n) is 1.93. The lowest BCUT2D eigenvalue weighted by Crippen LogP contribution is -2.52. The van der Waals surface area contributed by atoms with Crippen LogP contribution in [0.4, 0.5) is 0 Å². The molecule has 0 saturated carbocycles. The van der Waals surface area contributed by atoms with E-state index in [4.69, 9.17) is 10.5 Å². The van der Waals surface area contributed by atoms with Crippen molar-refractivity contribution in [2.45, 2.75) is 51.2 Å². The highest BCUT2D eigenvalue weighted by Crippen LogP contribution is 2.22. The highest BCUT2D eigenvalue weighted by Gasteiger charge is 2.37. The molecule has 0 saturated heterocycles. The van der Waals surface area contributed by atoms with Crippen LogP contribution in [-0.4, -0.2) is 28.8 Å². The van der Waals surface area contributed by atoms with Crippen molar-refractivity contribution in [3.05, 3.63) is 34.3 Å². The third-order valence-electron chi connectivity index (χ3n) is 3.14. The van der Waals surface area contributed by atoms with Gasteiger partial charge in [-0.2, -0.15) is 0 Å². The molecule has 3 N–H and O–H groups in total. The van der Waals surface area contributed by atoms with Crippen LogP contribution in [0.15, 0.2) is 28.7 Å². The quantitative estimate of drug-likeness (QED) is 0.767. The van der Waals surface area contributed by atoms with Gasteiger partial charge in [-0.25, -0.2) is 0 Å². The van der Waals surface area contributed by atoms with E-state index < -0.39 is 17.1 Å². The van der Waals surface area contributed by atoms with Crippen molar-refractivity contribution >= 4 is 21.9 Å². The predicted molar refractivity (Wildman–Crippen MR) is 86.9 cm³/mol. The van der Waals surface area contributed by atoms with Crippen LogP contribution in [0.25, 0.3) is 0 Å². The first-order valence-corrected chi connectivity index (χ1v) is 7.83. The highest BCUT2D eigenvalue weighted by atomic mass is 79.9. The summed E-state index contributed by atoms with van der Waals surface area (Å²) in [5.41, 5.74) is 5.54. The number of aliphatic hydroxyl groups excluding tert-OH is 1. The summed E-state index contributed by atoms with van der Waals surface area (Å²) in [6, 6.07) is 7.87. The fraction of sp³-hybridized carbons (Fsp3) is 0.562. The Bertz CT molecular complexity index is 467. The molecule has 1 atom stereocenters. The molecule has 0 radical (unpaired) electrons. The van der Waals surface area contributed by atoms with E-state index in [0.717, 1.165) is 10.0 Å². The van der Waals surface area contributed by atoms with Gasteiger partial charge in [-0.3, -0.25) is 4.79 Å². The number of esters is 1. The lowest BCUT2D eigenvalue weighted by Gasteiger charge is -2.31. The molecule has 118 valence electrons. The van der Waals surface area contributed by atoms with E-state index >= 15 is 0 Å². The topological polar surface area (TPSA) is 72.5 Å². The van der Waals surface area contributed by atoms with Crippen molar-refractivity contribution in [2.24, 2.45) is 5.73 Å². The lowest BCUT2D eigenvalue weighted by atomic mass is 9.89. The zero-order valence-electron chi connectivity index (χ0n) is 12.9. The van der Waals surface area contributed by atoms with Crippen LogP contribution in [0.5, 0.6) is 0 Å². The number of nitrogens with two attached hydrogens (primary N) is 1. The van der Waals surface area contributed by atoms with Gasteiger partial charge < -0.3 is 15.6 Å². The van der Waals surface area contributed by atoms with Crippen LogP contribution in [0, 0.1) is 0 Å². The third-order valence-corrected chi connectivity index (χ3v) is 3.67. The average molecular weight is 358 g/mol. The van der Waals surface area contributed by atoms with Gasteiger partial charge in [-0.1, -0.05) is 28.1 Å². The summed E-state index contributed by atoms with van der Waals surface area (Å²) in [5, 5.41) is 9.19. The van der Waals surface area contributed by atoms with Crippen molar-refractivity contribution in [1.29, 1.82) is 0 Å². The average Bonchev–Trinajstić information content (AvgIpc) is 2.36. The second-order valence-corrected chi connectivity index (χ2v) is 7.17. The molecule has 0 aliphatic rings. The van der Waals surface area contributed by atoms with Gasteiger partial charge in [0.05, 0.1) is 0 Å². The third kappa shape index (κ3) is 6.16. The second kappa shape index (κ2) is 7.38. The minimum Gasteiger partial charge on any atom is -0.459 e. The molecular weight excluding hydrogens is 334 g/mol. The SMILES string of the molecule is CC(C)(C)OC(=O)C(N)(CCO)CCc1ccc(Br)cc1. The molecule has 1 aromatic carbocycles. The van der Waals surface area contributed by atoms with Crippen molar-refractivity contribution < 1.29 is 14.6 Å². The van der Waals surface area contributed by atoms with Crippen molar-refractivity contribution in [3.63, 3.8) is 0 Å². The molecule has 0 heterocycles. The van der Waals surface area contributed by atoms with Gasteiger partial charge in [-0.05, 0) is 57.7 Å². The van der Waals surface area contributed by atoms with Crippen LogP contribution in [0.3, 0.4) is 0 Å². The van der Waals surface area contributed by atoms with Crippen molar-refractivity contribution in [2.75, 3.05) is 6.61 Å². The molecule has 1 rings (SSSR count). The first-order valence-electron chi connectivity index (χ1n) is 7.04. The van der Waals surface area contributed by atoms with Gasteiger partial charge >= 0.3 is 5.97 Å². The summed E-state index contributed by atoms with van der Waals surface area (Å²) in [6.07, 6.45) is 1.28. The number of carbonyl (C=O) groups is 1. The first kappa shape index (κ1) is 18.1. The van der Waals surface area contributed by atoms with E-state index in [-0.39, 0.29) is 13.0 Å². The maximum Gasteiger partial charge on any atom is 0.326 e. The number of benzene rings is 1. The van der Waals surface area contributed by atoms with Gasteiger partial charge in [0.25, 0.3) is 0 Å². The Morgan fingerprint density at radius 3 is 2.29 bits per heavy atom. The maximum atomic E-state index is 12.3. The Balaban J connectivity index is 2.75. The van der Waals surface area contributed by atoms with E-state index in [1.807, 2.05) is 24.3 Å². The van der Waals surface area contributed by atoms with Crippen LogP contribution in [-0.2, 0) is 16.0 Å². The monoisotopic (exact) mass is 357 g/mol. The van der Waals surface area contributed by atoms with Crippen LogP contribution >= 0.6 is 15.9 Å². The molecule has 21 heavy (non-hydrogen) atoms. The highest BCUT2D eigenvalue weighted by molar-refractivity contribution is 9.10. The minimum atomic E-state index is -1.16. The molecule has 0 aliphatic carbocycles. The van der Waals surface area contributed by atoms with Crippen molar-refractivity contribution in [1.82, 2.24) is 0 Å². The summed E-state index contributed by atoms with van der Waals surface area (Å²) < 4.78 is 6.39. The van der Waals surface area contributed by atoms with E-state index in [0.29, 0.717) is 12.8 Å². The van der Waals surface area contributed by atoms with Crippen LogP contribution < -0.4 is 5.73 Å². The number of ether oxygens (including phenoxy) is 1. The van der Waals surface area contributed by atoms with Gasteiger partial charge in [0.2, 0.25) is 0 Å². The number of hydrogen-bond acceptors (Lipinski definition) is 4. The molecule has 5 heteroatoms. The largest absolute Gasteiger partial charge is 0.459 e. The Hall–Kier alpha value is -0.910. The number of rotatable bonds is 6. The summed E-state index contributed by atoms with van der Waals surface area (Å²) in [6.45, 7) is 5.27. The van der Waals surface area contributed by atoms with Gasteiger partial charge in [0, 0.05) is 11.1 Å². The minimum absolute atomic E-state index is 0.143. The normalized spacial score (nSPS) is 14.6. The predicted octanol–water partition coefficient (Wildman–Crippen LogP) is 2.80. The van der Waals surface area contributed by atoms with Crippen molar-refractivity contribution in [3.8, 4) is 0 Å². The number of hydrogen-bond donors (Lipinski definition) is 2. The number of aryl methyl sites for hydroxylation is 1. The van der Waals surface area contributed by atoms with E-state index in [2.05, 4.69) is 15.9 Å². The van der Waals surface area contributed by atoms with Gasteiger partial charge in [-0.15, -0.1) is 0 Å². The molecule has 0 aromatic heterocycles. The molecule has 0 fully saturated rings. The van der Waals surface area contributed by atoms with Crippen LogP contribution in [0.1, 0.15) is 39.2 Å². The Kier molecular flexibility index (Phi) is 6.38. The number of halogens is 1. The van der Waals surface area contributed by atoms with E-state index in [1.54, 1.807) is 20.8 Å². The second-order valence-electron chi connectivity index (χ2n) is 6.26. The molecule has 1 unspecified atom stereocenters. The van der Waals surface area contributed by atoms with Crippen LogP contribution in [0.2, 0.25) is 0 Å². The molecule has 4 nitrogen and oxygen atoms in total. The standard InChI is InChI=1S/C16H24BrNO3/c1-15(2,3)21-14(20)16(18,10-11-19)9-8-12-4-6-13(17)7-5-12/h4-7,19H,8-11,18H2,1-3H3. The number of aliphatic hydroxyl groups is 1. The summed E-state index contributed by atoms with van der Waals surface area (Å²) in [7, 11) is 0. The Labute approximate surface area is 134 Å². The van der Waals surface area contributed by atoms with E-state index in [9.17, 15) is 9.90 Å². The summed E-state index contributed by atoms with van der Waals surface area (Å²) in [4.78, 5) is 12.3. The molecule has 0 aliphatic heterocycles. The van der Waals surface area contributed by atoms with E-state index in [1.165, 1.54) is 0 Å². The molecule has 1 aromatic rings. The maximum absolute atomic E-state index is 12.3. The summed E-state index contributed by atoms with van der Waals surface area (Å²) in [5.74, 6) is -0.457. The van der Waals surface area contributed by atoms with Gasteiger partial charge in [0.1, 0.15) is 11.1 Å². The first-order chi connectivity index (χ1) is 9.66. The summed E-state index contributed by atoms with van der Waals surface area (Å²) >= 11 is 3.39. The molecular formula is C16H24BrNO3.